The molecule has 41 heavy (non-hydrogen) atoms. The smallest absolute Gasteiger partial charge is 0.410 e. The van der Waals surface area contributed by atoms with Crippen LogP contribution in [0.4, 0.5) is 10.6 Å². The average Bonchev–Trinajstić information content (AvgIpc) is 3.17. The summed E-state index contributed by atoms with van der Waals surface area (Å²) >= 11 is 6.30. The summed E-state index contributed by atoms with van der Waals surface area (Å²) in [6.07, 6.45) is 11.3. The van der Waals surface area contributed by atoms with Crippen molar-refractivity contribution in [2.24, 2.45) is 5.18 Å². The molecule has 2 aliphatic heterocycles. The Hall–Kier alpha value is -3.00. The SMILES string of the molecule is C=C(Cl)/C(CN=O)=C(\C=C/C)N1C(=O)C2(CCCCC2)c2cc(C3CCN(C(=O)OC(C)(C)C)CC3)cnc21.CC. The number of likely N-dealkylation sites (tertiary alicyclic amines) is 1. The Balaban J connectivity index is 0.00000226. The summed E-state index contributed by atoms with van der Waals surface area (Å²) in [5, 5.41) is 3.22. The van der Waals surface area contributed by atoms with E-state index >= 15 is 0 Å². The number of nitrogens with zero attached hydrogens (tertiary/aromatic N) is 4. The molecular weight excluding hydrogens is 540 g/mol. The first-order chi connectivity index (χ1) is 19.5. The Labute approximate surface area is 249 Å². The average molecular weight is 585 g/mol. The van der Waals surface area contributed by atoms with Crippen molar-refractivity contribution in [2.45, 2.75) is 103 Å². The van der Waals surface area contributed by atoms with Crippen molar-refractivity contribution >= 4 is 29.4 Å². The number of piperidine rings is 1. The number of halogens is 1. The van der Waals surface area contributed by atoms with Crippen LogP contribution < -0.4 is 4.90 Å². The number of allylic oxidation sites excluding steroid dienone is 2. The molecule has 9 heteroatoms. The normalized spacial score (nSPS) is 19.4. The number of carbonyl (C=O) groups excluding carboxylic acids is 2. The van der Waals surface area contributed by atoms with E-state index in [1.165, 1.54) is 0 Å². The number of hydrogen-bond donors (Lipinski definition) is 0. The highest BCUT2D eigenvalue weighted by Crippen LogP contribution is 2.52. The zero-order valence-electron chi connectivity index (χ0n) is 25.5. The first kappa shape index (κ1) is 32.5. The van der Waals surface area contributed by atoms with Gasteiger partial charge < -0.3 is 9.64 Å². The van der Waals surface area contributed by atoms with Gasteiger partial charge in [0.2, 0.25) is 5.91 Å². The summed E-state index contributed by atoms with van der Waals surface area (Å²) in [4.78, 5) is 46.4. The fourth-order valence-corrected chi connectivity index (χ4v) is 6.23. The standard InChI is InChI=1S/C30H39ClN4O4.C2H6/c1-6-10-25(23(19-33-38)20(2)31)35-26-24(30(27(35)36)13-8-7-9-14-30)17-22(18-32-26)21-11-15-34(16-12-21)28(37)39-29(3,4)5;1-2/h6,10,17-18,21H,2,7-9,11-16,19H2,1,3-5H3;1-2H3/b10-6-,25-23+;. The van der Waals surface area contributed by atoms with E-state index < -0.39 is 11.0 Å². The lowest BCUT2D eigenvalue weighted by Crippen LogP contribution is -2.41. The van der Waals surface area contributed by atoms with Crippen LogP contribution >= 0.6 is 11.6 Å². The summed E-state index contributed by atoms with van der Waals surface area (Å²) in [6, 6.07) is 2.17. The second-order valence-electron chi connectivity index (χ2n) is 11.7. The molecule has 8 nitrogen and oxygen atoms in total. The topological polar surface area (TPSA) is 92.2 Å². The summed E-state index contributed by atoms with van der Waals surface area (Å²) in [7, 11) is 0. The molecule has 4 rings (SSSR count). The summed E-state index contributed by atoms with van der Waals surface area (Å²) < 4.78 is 5.55. The maximum atomic E-state index is 14.3. The fraction of sp³-hybridized carbons (Fsp3) is 0.594. The lowest BCUT2D eigenvalue weighted by molar-refractivity contribution is -0.123. The molecule has 1 aromatic heterocycles. The minimum atomic E-state index is -0.659. The lowest BCUT2D eigenvalue weighted by atomic mass is 9.70. The van der Waals surface area contributed by atoms with E-state index in [9.17, 15) is 14.5 Å². The molecule has 1 saturated carbocycles. The Morgan fingerprint density at radius 1 is 1.22 bits per heavy atom. The van der Waals surface area contributed by atoms with Crippen LogP contribution in [-0.4, -0.2) is 47.1 Å². The second-order valence-corrected chi connectivity index (χ2v) is 12.2. The van der Waals surface area contributed by atoms with Crippen molar-refractivity contribution in [1.29, 1.82) is 0 Å². The predicted octanol–water partition coefficient (Wildman–Crippen LogP) is 8.12. The molecular formula is C32H45ClN4O4. The predicted molar refractivity (Wildman–Crippen MR) is 165 cm³/mol. The maximum Gasteiger partial charge on any atom is 0.410 e. The lowest BCUT2D eigenvalue weighted by Gasteiger charge is -2.34. The molecule has 1 spiro atoms. The van der Waals surface area contributed by atoms with Gasteiger partial charge >= 0.3 is 6.09 Å². The van der Waals surface area contributed by atoms with E-state index in [1.54, 1.807) is 15.9 Å². The molecule has 1 aliphatic carbocycles. The molecule has 0 atom stereocenters. The summed E-state index contributed by atoms with van der Waals surface area (Å²) in [5.74, 6) is 0.788. The number of pyridine rings is 1. The number of ether oxygens (including phenoxy) is 1. The molecule has 1 aromatic rings. The zero-order chi connectivity index (χ0) is 30.4. The van der Waals surface area contributed by atoms with Crippen LogP contribution in [0, 0.1) is 4.91 Å². The van der Waals surface area contributed by atoms with Gasteiger partial charge in [-0.2, -0.15) is 4.91 Å². The summed E-state index contributed by atoms with van der Waals surface area (Å²) in [5.41, 5.74) is 1.76. The molecule has 0 aromatic carbocycles. The molecule has 3 heterocycles. The van der Waals surface area contributed by atoms with Crippen LogP contribution in [0.25, 0.3) is 0 Å². The van der Waals surface area contributed by atoms with Gasteiger partial charge in [0.15, 0.2) is 0 Å². The maximum absolute atomic E-state index is 14.3. The van der Waals surface area contributed by atoms with Crippen LogP contribution in [0.3, 0.4) is 0 Å². The first-order valence-electron chi connectivity index (χ1n) is 14.8. The second kappa shape index (κ2) is 13.8. The summed E-state index contributed by atoms with van der Waals surface area (Å²) in [6.45, 7) is 16.3. The van der Waals surface area contributed by atoms with Crippen LogP contribution in [-0.2, 0) is 14.9 Å². The fourth-order valence-electron chi connectivity index (χ4n) is 6.07. The third-order valence-electron chi connectivity index (χ3n) is 7.98. The quantitative estimate of drug-likeness (QED) is 0.249. The number of fused-ring (bicyclic) bond motifs is 2. The van der Waals surface area contributed by atoms with Crippen molar-refractivity contribution in [3.63, 3.8) is 0 Å². The number of carbonyl (C=O) groups is 2. The highest BCUT2D eigenvalue weighted by Gasteiger charge is 2.53. The van der Waals surface area contributed by atoms with Gasteiger partial charge in [0.25, 0.3) is 0 Å². The van der Waals surface area contributed by atoms with Crippen LogP contribution in [0.1, 0.15) is 104 Å². The minimum absolute atomic E-state index is 0.0315. The van der Waals surface area contributed by atoms with Crippen molar-refractivity contribution in [3.05, 3.63) is 63.3 Å². The van der Waals surface area contributed by atoms with Gasteiger partial charge in [0, 0.05) is 35.5 Å². The molecule has 2 fully saturated rings. The van der Waals surface area contributed by atoms with Gasteiger partial charge in [-0.1, -0.05) is 62.5 Å². The molecule has 2 amide bonds. The van der Waals surface area contributed by atoms with Gasteiger partial charge in [-0.25, -0.2) is 9.78 Å². The van der Waals surface area contributed by atoms with Gasteiger partial charge in [-0.05, 0) is 77.0 Å². The number of aromatic nitrogens is 1. The molecule has 0 N–H and O–H groups in total. The van der Waals surface area contributed by atoms with E-state index in [4.69, 9.17) is 21.3 Å². The number of nitroso groups, excluding NO2 is 1. The van der Waals surface area contributed by atoms with Crippen molar-refractivity contribution in [2.75, 3.05) is 24.5 Å². The van der Waals surface area contributed by atoms with E-state index in [2.05, 4.69) is 17.8 Å². The highest BCUT2D eigenvalue weighted by molar-refractivity contribution is 6.32. The minimum Gasteiger partial charge on any atom is -0.444 e. The van der Waals surface area contributed by atoms with E-state index in [0.717, 1.165) is 56.1 Å². The Morgan fingerprint density at radius 2 is 1.85 bits per heavy atom. The van der Waals surface area contributed by atoms with Crippen LogP contribution in [0.2, 0.25) is 0 Å². The third kappa shape index (κ3) is 6.91. The zero-order valence-corrected chi connectivity index (χ0v) is 26.2. The van der Waals surface area contributed by atoms with Gasteiger partial charge in [-0.3, -0.25) is 9.69 Å². The van der Waals surface area contributed by atoms with E-state index in [0.29, 0.717) is 30.2 Å². The van der Waals surface area contributed by atoms with Crippen molar-refractivity contribution < 1.29 is 14.3 Å². The highest BCUT2D eigenvalue weighted by atomic mass is 35.5. The number of amides is 2. The Kier molecular flexibility index (Phi) is 10.9. The van der Waals surface area contributed by atoms with Crippen molar-refractivity contribution in [1.82, 2.24) is 9.88 Å². The van der Waals surface area contributed by atoms with Crippen LogP contribution in [0.5, 0.6) is 0 Å². The van der Waals surface area contributed by atoms with Gasteiger partial charge in [-0.15, -0.1) is 0 Å². The molecule has 0 bridgehead atoms. The molecule has 0 unspecified atom stereocenters. The monoisotopic (exact) mass is 584 g/mol. The van der Waals surface area contributed by atoms with E-state index in [1.807, 2.05) is 53.8 Å². The van der Waals surface area contributed by atoms with Gasteiger partial charge in [0.05, 0.1) is 11.1 Å². The molecule has 0 radical (unpaired) electrons. The number of anilines is 1. The van der Waals surface area contributed by atoms with Crippen molar-refractivity contribution in [3.8, 4) is 0 Å². The molecule has 3 aliphatic rings. The molecule has 224 valence electrons. The largest absolute Gasteiger partial charge is 0.444 e. The number of rotatable bonds is 6. The number of hydrogen-bond acceptors (Lipinski definition) is 6. The first-order valence-corrected chi connectivity index (χ1v) is 15.2. The van der Waals surface area contributed by atoms with E-state index in [-0.39, 0.29) is 29.5 Å². The van der Waals surface area contributed by atoms with Gasteiger partial charge in [0.1, 0.15) is 18.0 Å². The Bertz CT molecular complexity index is 1200. The van der Waals surface area contributed by atoms with Crippen LogP contribution in [0.15, 0.2) is 52.5 Å². The third-order valence-corrected chi connectivity index (χ3v) is 8.21. The Morgan fingerprint density at radius 3 is 2.39 bits per heavy atom. The molecule has 1 saturated heterocycles.